The summed E-state index contributed by atoms with van der Waals surface area (Å²) in [6, 6.07) is 17.7. The maximum atomic E-state index is 3.72. The zero-order valence-electron chi connectivity index (χ0n) is 12.1. The van der Waals surface area contributed by atoms with E-state index in [1.54, 1.807) is 0 Å². The van der Waals surface area contributed by atoms with Crippen LogP contribution in [0.1, 0.15) is 26.9 Å². The van der Waals surface area contributed by atoms with E-state index in [2.05, 4.69) is 71.5 Å². The highest BCUT2D eigenvalue weighted by atomic mass is 32.1. The van der Waals surface area contributed by atoms with Crippen molar-refractivity contribution in [3.63, 3.8) is 0 Å². The first-order valence-corrected chi connectivity index (χ1v) is 8.95. The van der Waals surface area contributed by atoms with Gasteiger partial charge in [-0.25, -0.2) is 0 Å². The van der Waals surface area contributed by atoms with Gasteiger partial charge in [-0.2, -0.15) is 0 Å². The van der Waals surface area contributed by atoms with E-state index >= 15 is 0 Å². The molecule has 2 heterocycles. The lowest BCUT2D eigenvalue weighted by atomic mass is 10.1. The van der Waals surface area contributed by atoms with Gasteiger partial charge in [-0.15, -0.1) is 22.7 Å². The molecule has 1 aromatic carbocycles. The molecule has 3 heteroatoms. The van der Waals surface area contributed by atoms with Crippen molar-refractivity contribution in [1.29, 1.82) is 0 Å². The standard InChI is InChI=1S/C18H19NS2/c1-14-6-2-3-7-15(14)10-11-19-18(16-8-4-12-20-16)17-9-5-13-21-17/h2-9,12-13,18-19H,10-11H2,1H3. The van der Waals surface area contributed by atoms with Crippen LogP contribution in [0.2, 0.25) is 0 Å². The third-order valence-electron chi connectivity index (χ3n) is 3.66. The number of aryl methyl sites for hydroxylation is 1. The summed E-state index contributed by atoms with van der Waals surface area (Å²) in [5.74, 6) is 0. The summed E-state index contributed by atoms with van der Waals surface area (Å²) in [5.41, 5.74) is 2.81. The molecule has 0 unspecified atom stereocenters. The first kappa shape index (κ1) is 14.5. The van der Waals surface area contributed by atoms with Crippen LogP contribution in [0.25, 0.3) is 0 Å². The van der Waals surface area contributed by atoms with Gasteiger partial charge < -0.3 is 5.32 Å². The maximum Gasteiger partial charge on any atom is 0.0764 e. The quantitative estimate of drug-likeness (QED) is 0.672. The molecule has 0 saturated carbocycles. The first-order chi connectivity index (χ1) is 10.3. The van der Waals surface area contributed by atoms with Crippen molar-refractivity contribution in [3.05, 3.63) is 80.2 Å². The highest BCUT2D eigenvalue weighted by molar-refractivity contribution is 7.11. The molecule has 0 atom stereocenters. The average Bonchev–Trinajstić information content (AvgIpc) is 3.19. The van der Waals surface area contributed by atoms with E-state index in [9.17, 15) is 0 Å². The van der Waals surface area contributed by atoms with Crippen molar-refractivity contribution in [3.8, 4) is 0 Å². The largest absolute Gasteiger partial charge is 0.305 e. The molecule has 3 rings (SSSR count). The van der Waals surface area contributed by atoms with Gasteiger partial charge in [0, 0.05) is 16.3 Å². The fourth-order valence-electron chi connectivity index (χ4n) is 2.49. The normalized spacial score (nSPS) is 11.1. The van der Waals surface area contributed by atoms with Crippen LogP contribution in [0.15, 0.2) is 59.3 Å². The van der Waals surface area contributed by atoms with Gasteiger partial charge in [-0.05, 0) is 47.4 Å². The molecule has 0 aliphatic rings. The van der Waals surface area contributed by atoms with Crippen molar-refractivity contribution in [1.82, 2.24) is 5.32 Å². The van der Waals surface area contributed by atoms with E-state index < -0.39 is 0 Å². The highest BCUT2D eigenvalue weighted by Gasteiger charge is 2.15. The number of benzene rings is 1. The SMILES string of the molecule is Cc1ccccc1CCNC(c1cccs1)c1cccs1. The molecule has 108 valence electrons. The molecular formula is C18H19NS2. The Bertz CT molecular complexity index is 622. The minimum absolute atomic E-state index is 0.328. The third-order valence-corrected chi connectivity index (χ3v) is 5.53. The van der Waals surface area contributed by atoms with Gasteiger partial charge >= 0.3 is 0 Å². The minimum atomic E-state index is 0.328. The molecule has 0 amide bonds. The number of hydrogen-bond acceptors (Lipinski definition) is 3. The van der Waals surface area contributed by atoms with Crippen molar-refractivity contribution in [2.45, 2.75) is 19.4 Å². The Kier molecular flexibility index (Phi) is 4.86. The Balaban J connectivity index is 1.67. The molecule has 2 aromatic heterocycles. The van der Waals surface area contributed by atoms with Crippen LogP contribution in [0.3, 0.4) is 0 Å². The lowest BCUT2D eigenvalue weighted by molar-refractivity contribution is 0.620. The number of nitrogens with one attached hydrogen (secondary N) is 1. The average molecular weight is 313 g/mol. The van der Waals surface area contributed by atoms with Crippen LogP contribution in [0, 0.1) is 6.92 Å². The smallest absolute Gasteiger partial charge is 0.0764 e. The Morgan fingerprint density at radius 1 is 0.905 bits per heavy atom. The summed E-state index contributed by atoms with van der Waals surface area (Å²) in [7, 11) is 0. The van der Waals surface area contributed by atoms with Crippen molar-refractivity contribution >= 4 is 22.7 Å². The molecule has 0 aliphatic heterocycles. The molecule has 0 aliphatic carbocycles. The summed E-state index contributed by atoms with van der Waals surface area (Å²) >= 11 is 3.65. The van der Waals surface area contributed by atoms with Crippen molar-refractivity contribution in [2.75, 3.05) is 6.54 Å². The second-order valence-electron chi connectivity index (χ2n) is 5.09. The van der Waals surface area contributed by atoms with Crippen LogP contribution >= 0.6 is 22.7 Å². The first-order valence-electron chi connectivity index (χ1n) is 7.19. The van der Waals surface area contributed by atoms with Gasteiger partial charge in [0.2, 0.25) is 0 Å². The second kappa shape index (κ2) is 7.03. The molecule has 0 radical (unpaired) electrons. The van der Waals surface area contributed by atoms with E-state index in [1.165, 1.54) is 20.9 Å². The topological polar surface area (TPSA) is 12.0 Å². The van der Waals surface area contributed by atoms with E-state index in [4.69, 9.17) is 0 Å². The Morgan fingerprint density at radius 2 is 1.57 bits per heavy atom. The fourth-order valence-corrected chi connectivity index (χ4v) is 4.20. The van der Waals surface area contributed by atoms with Crippen LogP contribution in [-0.2, 0) is 6.42 Å². The van der Waals surface area contributed by atoms with Gasteiger partial charge in [0.05, 0.1) is 6.04 Å². The Labute approximate surface area is 134 Å². The Morgan fingerprint density at radius 3 is 2.14 bits per heavy atom. The lowest BCUT2D eigenvalue weighted by Crippen LogP contribution is -2.23. The molecule has 1 nitrogen and oxygen atoms in total. The van der Waals surface area contributed by atoms with Crippen LogP contribution in [-0.4, -0.2) is 6.54 Å². The third kappa shape index (κ3) is 3.62. The molecular weight excluding hydrogens is 294 g/mol. The minimum Gasteiger partial charge on any atom is -0.305 e. The molecule has 0 spiro atoms. The number of rotatable bonds is 6. The van der Waals surface area contributed by atoms with Crippen LogP contribution < -0.4 is 5.32 Å². The summed E-state index contributed by atoms with van der Waals surface area (Å²) < 4.78 is 0. The predicted molar refractivity (Wildman–Crippen MR) is 93.4 cm³/mol. The van der Waals surface area contributed by atoms with Crippen LogP contribution in [0.5, 0.6) is 0 Å². The number of thiophene rings is 2. The van der Waals surface area contributed by atoms with E-state index in [1.807, 2.05) is 22.7 Å². The molecule has 21 heavy (non-hydrogen) atoms. The van der Waals surface area contributed by atoms with Crippen LogP contribution in [0.4, 0.5) is 0 Å². The summed E-state index contributed by atoms with van der Waals surface area (Å²) in [4.78, 5) is 2.78. The highest BCUT2D eigenvalue weighted by Crippen LogP contribution is 2.29. The molecule has 0 saturated heterocycles. The Hall–Kier alpha value is -1.42. The zero-order chi connectivity index (χ0) is 14.5. The van der Waals surface area contributed by atoms with Gasteiger partial charge in [-0.3, -0.25) is 0 Å². The fraction of sp³-hybridized carbons (Fsp3) is 0.222. The van der Waals surface area contributed by atoms with Gasteiger partial charge in [0.25, 0.3) is 0 Å². The van der Waals surface area contributed by atoms with Gasteiger partial charge in [0.1, 0.15) is 0 Å². The lowest BCUT2D eigenvalue weighted by Gasteiger charge is -2.16. The van der Waals surface area contributed by atoms with Gasteiger partial charge in [-0.1, -0.05) is 36.4 Å². The molecule has 0 bridgehead atoms. The van der Waals surface area contributed by atoms with E-state index in [0.717, 1.165) is 13.0 Å². The summed E-state index contributed by atoms with van der Waals surface area (Å²) in [5, 5.41) is 8.02. The maximum absolute atomic E-state index is 3.72. The van der Waals surface area contributed by atoms with E-state index in [-0.39, 0.29) is 0 Å². The predicted octanol–water partition coefficient (Wildman–Crippen LogP) is 5.04. The molecule has 0 fully saturated rings. The van der Waals surface area contributed by atoms with Crippen molar-refractivity contribution < 1.29 is 0 Å². The summed E-state index contributed by atoms with van der Waals surface area (Å²) in [6.07, 6.45) is 1.07. The number of hydrogen-bond donors (Lipinski definition) is 1. The monoisotopic (exact) mass is 313 g/mol. The molecule has 1 N–H and O–H groups in total. The molecule has 3 aromatic rings. The van der Waals surface area contributed by atoms with E-state index in [0.29, 0.717) is 6.04 Å². The second-order valence-corrected chi connectivity index (χ2v) is 7.05. The summed E-state index contributed by atoms with van der Waals surface area (Å²) in [6.45, 7) is 3.18. The zero-order valence-corrected chi connectivity index (χ0v) is 13.7. The van der Waals surface area contributed by atoms with Gasteiger partial charge in [0.15, 0.2) is 0 Å². The van der Waals surface area contributed by atoms with Crippen molar-refractivity contribution in [2.24, 2.45) is 0 Å².